The summed E-state index contributed by atoms with van der Waals surface area (Å²) in [6, 6.07) is 8.72. The zero-order valence-electron chi connectivity index (χ0n) is 21.8. The van der Waals surface area contributed by atoms with Crippen LogP contribution >= 0.6 is 0 Å². The van der Waals surface area contributed by atoms with Crippen LogP contribution in [0.2, 0.25) is 0 Å². The van der Waals surface area contributed by atoms with Gasteiger partial charge in [0.25, 0.3) is 5.91 Å². The summed E-state index contributed by atoms with van der Waals surface area (Å²) in [5, 5.41) is 3.05. The molecule has 1 aromatic heterocycles. The Hall–Kier alpha value is -3.30. The molecule has 0 bridgehead atoms. The molecule has 0 spiro atoms. The van der Waals surface area contributed by atoms with Gasteiger partial charge in [-0.05, 0) is 62.2 Å². The van der Waals surface area contributed by atoms with Crippen molar-refractivity contribution in [3.8, 4) is 0 Å². The minimum absolute atomic E-state index is 0.0997. The molecule has 9 heteroatoms. The molecule has 9 nitrogen and oxygen atoms in total. The Labute approximate surface area is 213 Å². The number of hydrogen-bond acceptors (Lipinski definition) is 6. The van der Waals surface area contributed by atoms with Crippen molar-refractivity contribution in [1.29, 1.82) is 0 Å². The number of piperazine rings is 1. The summed E-state index contributed by atoms with van der Waals surface area (Å²) in [6.45, 7) is 11.8. The van der Waals surface area contributed by atoms with Crippen LogP contribution in [0, 0.1) is 0 Å². The second kappa shape index (κ2) is 10.4. The van der Waals surface area contributed by atoms with Crippen molar-refractivity contribution >= 4 is 29.2 Å². The number of aromatic nitrogens is 1. The third-order valence-electron chi connectivity index (χ3n) is 7.07. The van der Waals surface area contributed by atoms with Crippen molar-refractivity contribution in [2.24, 2.45) is 0 Å². The highest BCUT2D eigenvalue weighted by Crippen LogP contribution is 2.36. The number of imide groups is 1. The van der Waals surface area contributed by atoms with Crippen LogP contribution in [-0.4, -0.2) is 82.8 Å². The van der Waals surface area contributed by atoms with Crippen LogP contribution in [0.4, 0.5) is 16.2 Å². The molecule has 0 saturated carbocycles. The molecule has 2 aliphatic rings. The molecule has 0 radical (unpaired) electrons. The van der Waals surface area contributed by atoms with Gasteiger partial charge in [-0.25, -0.2) is 9.69 Å². The first kappa shape index (κ1) is 25.8. The molecular formula is C27H36N6O3. The highest BCUT2D eigenvalue weighted by molar-refractivity contribution is 6.23. The first-order valence-corrected chi connectivity index (χ1v) is 12.5. The number of amides is 4. The van der Waals surface area contributed by atoms with Gasteiger partial charge in [-0.3, -0.25) is 19.5 Å². The number of nitrogens with one attached hydrogen (secondary N) is 1. The van der Waals surface area contributed by atoms with E-state index in [0.717, 1.165) is 37.3 Å². The summed E-state index contributed by atoms with van der Waals surface area (Å²) >= 11 is 0. The summed E-state index contributed by atoms with van der Waals surface area (Å²) in [7, 11) is 2.08. The Morgan fingerprint density at radius 2 is 1.72 bits per heavy atom. The molecule has 192 valence electrons. The molecule has 0 unspecified atom stereocenters. The van der Waals surface area contributed by atoms with Crippen molar-refractivity contribution in [2.75, 3.05) is 50.0 Å². The van der Waals surface area contributed by atoms with E-state index >= 15 is 0 Å². The van der Waals surface area contributed by atoms with Crippen LogP contribution in [0.1, 0.15) is 44.7 Å². The largest absolute Gasteiger partial charge is 0.332 e. The maximum absolute atomic E-state index is 13.5. The van der Waals surface area contributed by atoms with Crippen LogP contribution < -0.4 is 10.2 Å². The van der Waals surface area contributed by atoms with Gasteiger partial charge >= 0.3 is 6.03 Å². The second-order valence-corrected chi connectivity index (χ2v) is 10.5. The topological polar surface area (TPSA) is 89.1 Å². The molecule has 1 N–H and O–H groups in total. The fourth-order valence-corrected chi connectivity index (χ4v) is 4.69. The number of pyridine rings is 1. The normalized spacial score (nSPS) is 18.8. The highest BCUT2D eigenvalue weighted by Gasteiger charge is 2.51. The smallest absolute Gasteiger partial charge is 0.325 e. The quantitative estimate of drug-likeness (QED) is 0.598. The number of hydrogen-bond donors (Lipinski definition) is 1. The van der Waals surface area contributed by atoms with Gasteiger partial charge < -0.3 is 15.1 Å². The van der Waals surface area contributed by atoms with Crippen LogP contribution in [0.5, 0.6) is 0 Å². The second-order valence-electron chi connectivity index (χ2n) is 10.5. The van der Waals surface area contributed by atoms with Crippen molar-refractivity contribution in [3.05, 3.63) is 53.9 Å². The van der Waals surface area contributed by atoms with E-state index in [4.69, 9.17) is 0 Å². The van der Waals surface area contributed by atoms with Crippen LogP contribution in [0.25, 0.3) is 0 Å². The van der Waals surface area contributed by atoms with Gasteiger partial charge in [-0.15, -0.1) is 0 Å². The lowest BCUT2D eigenvalue weighted by Crippen LogP contribution is -2.47. The first-order chi connectivity index (χ1) is 17.1. The van der Waals surface area contributed by atoms with Gasteiger partial charge in [0.15, 0.2) is 0 Å². The number of rotatable bonds is 7. The maximum atomic E-state index is 13.5. The molecular weight excluding hydrogens is 456 g/mol. The van der Waals surface area contributed by atoms with Gasteiger partial charge in [0.05, 0.1) is 12.2 Å². The van der Waals surface area contributed by atoms with Gasteiger partial charge in [-0.2, -0.15) is 0 Å². The monoisotopic (exact) mass is 492 g/mol. The number of nitrogens with zero attached hydrogens (tertiary/aromatic N) is 5. The number of benzene rings is 1. The molecule has 4 amide bonds. The van der Waals surface area contributed by atoms with E-state index in [1.54, 1.807) is 43.3 Å². The molecule has 2 aromatic rings. The Bertz CT molecular complexity index is 1130. The zero-order chi connectivity index (χ0) is 26.0. The van der Waals surface area contributed by atoms with Gasteiger partial charge in [0.1, 0.15) is 5.54 Å². The van der Waals surface area contributed by atoms with Crippen LogP contribution in [0.15, 0.2) is 42.7 Å². The number of carbonyl (C=O) groups excluding carboxylic acids is 3. The lowest BCUT2D eigenvalue weighted by atomic mass is 9.99. The molecule has 2 fully saturated rings. The van der Waals surface area contributed by atoms with Gasteiger partial charge in [-0.1, -0.05) is 19.9 Å². The summed E-state index contributed by atoms with van der Waals surface area (Å²) in [4.78, 5) is 51.1. The van der Waals surface area contributed by atoms with Crippen molar-refractivity contribution < 1.29 is 14.4 Å². The highest BCUT2D eigenvalue weighted by atomic mass is 16.2. The molecule has 4 rings (SSSR count). The van der Waals surface area contributed by atoms with E-state index < -0.39 is 5.54 Å². The fraction of sp³-hybridized carbons (Fsp3) is 0.481. The van der Waals surface area contributed by atoms with E-state index in [0.29, 0.717) is 24.5 Å². The molecule has 36 heavy (non-hydrogen) atoms. The predicted octanol–water partition coefficient (Wildman–Crippen LogP) is 3.14. The van der Waals surface area contributed by atoms with Crippen LogP contribution in [-0.2, 0) is 16.1 Å². The van der Waals surface area contributed by atoms with E-state index in [2.05, 4.69) is 41.0 Å². The van der Waals surface area contributed by atoms with Crippen molar-refractivity contribution in [2.45, 2.75) is 45.7 Å². The lowest BCUT2D eigenvalue weighted by Gasteiger charge is -2.31. The van der Waals surface area contributed by atoms with E-state index in [9.17, 15) is 14.4 Å². The third kappa shape index (κ3) is 5.27. The zero-order valence-corrected chi connectivity index (χ0v) is 21.8. The fourth-order valence-electron chi connectivity index (χ4n) is 4.69. The first-order valence-electron chi connectivity index (χ1n) is 12.5. The molecule has 2 aliphatic heterocycles. The molecule has 2 saturated heterocycles. The summed E-state index contributed by atoms with van der Waals surface area (Å²) in [5.41, 5.74) is 1.93. The predicted molar refractivity (Wildman–Crippen MR) is 140 cm³/mol. The summed E-state index contributed by atoms with van der Waals surface area (Å²) < 4.78 is 0. The summed E-state index contributed by atoms with van der Waals surface area (Å²) in [5.74, 6) is -0.242. The Morgan fingerprint density at radius 3 is 2.36 bits per heavy atom. The number of anilines is 2. The van der Waals surface area contributed by atoms with Gasteiger partial charge in [0.2, 0.25) is 5.91 Å². The van der Waals surface area contributed by atoms with Crippen LogP contribution in [0.3, 0.4) is 0 Å². The maximum Gasteiger partial charge on any atom is 0.332 e. The molecule has 0 atom stereocenters. The molecule has 3 heterocycles. The lowest BCUT2D eigenvalue weighted by molar-refractivity contribution is -0.123. The Morgan fingerprint density at radius 1 is 1.06 bits per heavy atom. The average Bonchev–Trinajstić information content (AvgIpc) is 3.00. The SMILES string of the molecule is CC(C)c1ccc(N2C(=O)N(Cc3ccncc3)C(C)(C)C2=O)cc1NC(=O)CN1CCN(C)CC1. The number of likely N-dealkylation sites (N-methyl/N-ethyl adjacent to an activating group) is 1. The van der Waals surface area contributed by atoms with E-state index in [1.807, 2.05) is 18.2 Å². The van der Waals surface area contributed by atoms with E-state index in [1.165, 1.54) is 4.90 Å². The van der Waals surface area contributed by atoms with E-state index in [-0.39, 0.29) is 23.8 Å². The number of urea groups is 1. The molecule has 0 aliphatic carbocycles. The Balaban J connectivity index is 1.57. The van der Waals surface area contributed by atoms with Crippen molar-refractivity contribution in [3.63, 3.8) is 0 Å². The minimum Gasteiger partial charge on any atom is -0.325 e. The Kier molecular flexibility index (Phi) is 7.42. The third-order valence-corrected chi connectivity index (χ3v) is 7.07. The summed E-state index contributed by atoms with van der Waals surface area (Å²) in [6.07, 6.45) is 3.34. The minimum atomic E-state index is -1.01. The van der Waals surface area contributed by atoms with Gasteiger partial charge in [0, 0.05) is 50.8 Å². The average molecular weight is 493 g/mol. The number of carbonyl (C=O) groups is 3. The standard InChI is InChI=1S/C27H36N6O3/c1-19(2)22-7-6-21(16-23(22)29-24(34)18-31-14-12-30(5)13-15-31)33-25(35)27(3,4)32(26(33)36)17-20-8-10-28-11-9-20/h6-11,16,19H,12-15,17-18H2,1-5H3,(H,29,34). The van der Waals surface area contributed by atoms with Crippen molar-refractivity contribution in [1.82, 2.24) is 19.7 Å². The molecule has 1 aromatic carbocycles.